The summed E-state index contributed by atoms with van der Waals surface area (Å²) >= 11 is 0. The standard InChI is InChI=1S/C26H34N2O.2C2H6/c1-8-15-28-25(9-2)24(22-12-10-11-17(3)18(22)4)16-21-13-14-23(26(29)27-7)20(6)19(21)5;2*1-2/h9-15,24H,8,16H2,1-7H3,(H,27,29);2*1-2H3/b25-9-,28-15?;;. The highest BCUT2D eigenvalue weighted by Crippen LogP contribution is 2.34. The van der Waals surface area contributed by atoms with E-state index in [4.69, 9.17) is 4.99 Å². The Bertz CT molecular complexity index is 939. The van der Waals surface area contributed by atoms with Gasteiger partial charge in [0.15, 0.2) is 0 Å². The number of amides is 1. The molecule has 2 aromatic carbocycles. The highest BCUT2D eigenvalue weighted by molar-refractivity contribution is 5.95. The van der Waals surface area contributed by atoms with Gasteiger partial charge in [0.25, 0.3) is 5.91 Å². The van der Waals surface area contributed by atoms with Crippen molar-refractivity contribution >= 4 is 12.1 Å². The van der Waals surface area contributed by atoms with E-state index in [1.807, 2.05) is 46.9 Å². The van der Waals surface area contributed by atoms with Crippen LogP contribution in [0, 0.1) is 27.7 Å². The Hall–Kier alpha value is -2.68. The van der Waals surface area contributed by atoms with Crippen molar-refractivity contribution in [3.8, 4) is 0 Å². The molecule has 0 saturated heterocycles. The molecule has 0 aliphatic carbocycles. The quantitative estimate of drug-likeness (QED) is 0.426. The topological polar surface area (TPSA) is 41.5 Å². The fraction of sp³-hybridized carbons (Fsp3) is 0.467. The molecular weight excluding hydrogens is 404 g/mol. The summed E-state index contributed by atoms with van der Waals surface area (Å²) in [7, 11) is 1.67. The van der Waals surface area contributed by atoms with Gasteiger partial charge in [-0.05, 0) is 86.9 Å². The summed E-state index contributed by atoms with van der Waals surface area (Å²) in [4.78, 5) is 16.9. The largest absolute Gasteiger partial charge is 0.355 e. The summed E-state index contributed by atoms with van der Waals surface area (Å²) in [6.45, 7) is 20.7. The zero-order valence-corrected chi connectivity index (χ0v) is 22.9. The molecule has 3 heteroatoms. The second kappa shape index (κ2) is 16.0. The van der Waals surface area contributed by atoms with Crippen LogP contribution in [-0.4, -0.2) is 19.2 Å². The smallest absolute Gasteiger partial charge is 0.251 e. The molecule has 1 N–H and O–H groups in total. The molecule has 0 fully saturated rings. The van der Waals surface area contributed by atoms with Crippen LogP contribution in [0.25, 0.3) is 0 Å². The van der Waals surface area contributed by atoms with Gasteiger partial charge in [-0.3, -0.25) is 9.79 Å². The molecule has 0 spiro atoms. The predicted octanol–water partition coefficient (Wildman–Crippen LogP) is 8.04. The lowest BCUT2D eigenvalue weighted by atomic mass is 9.83. The lowest BCUT2D eigenvalue weighted by Crippen LogP contribution is -2.20. The van der Waals surface area contributed by atoms with Gasteiger partial charge in [-0.1, -0.05) is 65.0 Å². The Morgan fingerprint density at radius 3 is 2.15 bits per heavy atom. The first-order valence-electron chi connectivity index (χ1n) is 12.4. The molecule has 182 valence electrons. The van der Waals surface area contributed by atoms with Crippen LogP contribution < -0.4 is 5.32 Å². The van der Waals surface area contributed by atoms with E-state index < -0.39 is 0 Å². The van der Waals surface area contributed by atoms with Crippen molar-refractivity contribution in [2.75, 3.05) is 7.05 Å². The van der Waals surface area contributed by atoms with E-state index in [1.54, 1.807) is 7.05 Å². The zero-order chi connectivity index (χ0) is 25.6. The molecule has 0 aromatic heterocycles. The summed E-state index contributed by atoms with van der Waals surface area (Å²) in [6, 6.07) is 10.6. The Morgan fingerprint density at radius 2 is 1.61 bits per heavy atom. The minimum absolute atomic E-state index is 0.0371. The minimum atomic E-state index is -0.0371. The molecular formula is C30H46N2O. The second-order valence-corrected chi connectivity index (χ2v) is 7.58. The average molecular weight is 451 g/mol. The third-order valence-corrected chi connectivity index (χ3v) is 5.89. The maximum Gasteiger partial charge on any atom is 0.251 e. The van der Waals surface area contributed by atoms with Crippen LogP contribution >= 0.6 is 0 Å². The Labute approximate surface area is 203 Å². The van der Waals surface area contributed by atoms with Gasteiger partial charge in [-0.15, -0.1) is 0 Å². The van der Waals surface area contributed by atoms with Gasteiger partial charge in [0.2, 0.25) is 0 Å². The van der Waals surface area contributed by atoms with Crippen molar-refractivity contribution in [3.05, 3.63) is 81.0 Å². The average Bonchev–Trinajstić information content (AvgIpc) is 2.85. The number of carbonyl (C=O) groups is 1. The summed E-state index contributed by atoms with van der Waals surface area (Å²) in [5.74, 6) is 0.136. The lowest BCUT2D eigenvalue weighted by Gasteiger charge is -2.23. The number of hydrogen-bond acceptors (Lipinski definition) is 2. The minimum Gasteiger partial charge on any atom is -0.355 e. The number of aryl methyl sites for hydroxylation is 1. The Kier molecular flexibility index (Phi) is 14.7. The van der Waals surface area contributed by atoms with Crippen molar-refractivity contribution in [2.24, 2.45) is 4.99 Å². The van der Waals surface area contributed by atoms with Crippen molar-refractivity contribution in [3.63, 3.8) is 0 Å². The third kappa shape index (κ3) is 7.99. The fourth-order valence-electron chi connectivity index (χ4n) is 3.79. The molecule has 2 rings (SSSR count). The van der Waals surface area contributed by atoms with Crippen LogP contribution in [-0.2, 0) is 6.42 Å². The number of nitrogens with zero attached hydrogens (tertiary/aromatic N) is 1. The number of aliphatic imine (C=N–C) groups is 1. The molecule has 0 aliphatic heterocycles. The van der Waals surface area contributed by atoms with Crippen molar-refractivity contribution in [1.29, 1.82) is 0 Å². The van der Waals surface area contributed by atoms with E-state index in [2.05, 4.69) is 70.3 Å². The molecule has 1 atom stereocenters. The van der Waals surface area contributed by atoms with E-state index >= 15 is 0 Å². The molecule has 33 heavy (non-hydrogen) atoms. The molecule has 0 heterocycles. The van der Waals surface area contributed by atoms with Gasteiger partial charge < -0.3 is 5.32 Å². The van der Waals surface area contributed by atoms with Gasteiger partial charge in [0, 0.05) is 30.4 Å². The lowest BCUT2D eigenvalue weighted by molar-refractivity contribution is 0.0962. The van der Waals surface area contributed by atoms with Crippen LogP contribution in [0.1, 0.15) is 97.6 Å². The van der Waals surface area contributed by atoms with Crippen molar-refractivity contribution in [1.82, 2.24) is 5.32 Å². The summed E-state index contributed by atoms with van der Waals surface area (Å²) in [5, 5.41) is 2.73. The highest BCUT2D eigenvalue weighted by Gasteiger charge is 2.21. The van der Waals surface area contributed by atoms with Gasteiger partial charge in [-0.2, -0.15) is 0 Å². The molecule has 3 nitrogen and oxygen atoms in total. The zero-order valence-electron chi connectivity index (χ0n) is 22.9. The molecule has 1 unspecified atom stereocenters. The van der Waals surface area contributed by atoms with Crippen LogP contribution in [0.3, 0.4) is 0 Å². The first kappa shape index (κ1) is 30.3. The van der Waals surface area contributed by atoms with Crippen LogP contribution in [0.4, 0.5) is 0 Å². The predicted molar refractivity (Wildman–Crippen MR) is 147 cm³/mol. The van der Waals surface area contributed by atoms with Gasteiger partial charge in [0.1, 0.15) is 0 Å². The maximum absolute atomic E-state index is 12.2. The van der Waals surface area contributed by atoms with Crippen LogP contribution in [0.15, 0.2) is 47.1 Å². The van der Waals surface area contributed by atoms with E-state index in [0.29, 0.717) is 0 Å². The molecule has 0 aliphatic rings. The molecule has 0 saturated carbocycles. The monoisotopic (exact) mass is 450 g/mol. The SMILES string of the molecule is C/C=C(\N=CCC)C(Cc1ccc(C(=O)NC)c(C)c1C)c1cccc(C)c1C.CC.CC. The van der Waals surface area contributed by atoms with E-state index in [9.17, 15) is 4.79 Å². The first-order valence-corrected chi connectivity index (χ1v) is 12.4. The number of hydrogen-bond donors (Lipinski definition) is 1. The fourth-order valence-corrected chi connectivity index (χ4v) is 3.79. The van der Waals surface area contributed by atoms with E-state index in [1.165, 1.54) is 27.8 Å². The van der Waals surface area contributed by atoms with E-state index in [-0.39, 0.29) is 11.8 Å². The second-order valence-electron chi connectivity index (χ2n) is 7.58. The van der Waals surface area contributed by atoms with Crippen LogP contribution in [0.2, 0.25) is 0 Å². The molecule has 2 aromatic rings. The number of benzene rings is 2. The number of carbonyl (C=O) groups excluding carboxylic acids is 1. The maximum atomic E-state index is 12.2. The van der Waals surface area contributed by atoms with Gasteiger partial charge in [-0.25, -0.2) is 0 Å². The van der Waals surface area contributed by atoms with Crippen LogP contribution in [0.5, 0.6) is 0 Å². The molecule has 0 bridgehead atoms. The molecule has 1 amide bonds. The molecule has 0 radical (unpaired) electrons. The Morgan fingerprint density at radius 1 is 0.970 bits per heavy atom. The van der Waals surface area contributed by atoms with Crippen molar-refractivity contribution in [2.45, 2.75) is 88.0 Å². The number of allylic oxidation sites excluding steroid dienone is 2. The van der Waals surface area contributed by atoms with E-state index in [0.717, 1.165) is 29.7 Å². The normalized spacial score (nSPS) is 11.8. The van der Waals surface area contributed by atoms with Gasteiger partial charge in [0.05, 0.1) is 0 Å². The van der Waals surface area contributed by atoms with Crippen molar-refractivity contribution < 1.29 is 4.79 Å². The number of rotatable bonds is 7. The summed E-state index contributed by atoms with van der Waals surface area (Å²) < 4.78 is 0. The first-order chi connectivity index (χ1) is 15.8. The Balaban J connectivity index is 0.00000242. The third-order valence-electron chi connectivity index (χ3n) is 5.89. The number of nitrogens with one attached hydrogen (secondary N) is 1. The van der Waals surface area contributed by atoms with Gasteiger partial charge >= 0.3 is 0 Å². The highest BCUT2D eigenvalue weighted by atomic mass is 16.1. The summed E-state index contributed by atoms with van der Waals surface area (Å²) in [5.41, 5.74) is 9.24. The summed E-state index contributed by atoms with van der Waals surface area (Å²) in [6.07, 6.45) is 5.88.